The lowest BCUT2D eigenvalue weighted by Crippen LogP contribution is -1.98. The van der Waals surface area contributed by atoms with Gasteiger partial charge in [-0.2, -0.15) is 12.6 Å². The Morgan fingerprint density at radius 1 is 1.09 bits per heavy atom. The predicted octanol–water partition coefficient (Wildman–Crippen LogP) is 3.91. The van der Waals surface area contributed by atoms with E-state index in [-0.39, 0.29) is 0 Å². The van der Waals surface area contributed by atoms with Crippen LogP contribution in [0, 0.1) is 5.92 Å². The van der Waals surface area contributed by atoms with Crippen LogP contribution in [0.5, 0.6) is 0 Å². The molecule has 68 valence electrons. The van der Waals surface area contributed by atoms with E-state index >= 15 is 0 Å². The van der Waals surface area contributed by atoms with Crippen LogP contribution in [0.2, 0.25) is 0 Å². The minimum Gasteiger partial charge on any atom is -0.179 e. The minimum absolute atomic E-state index is 0.986. The molecule has 0 aliphatic rings. The fraction of sp³-hybridized carbons (Fsp3) is 1.00. The second kappa shape index (κ2) is 8.45. The van der Waals surface area contributed by atoms with Crippen LogP contribution in [0.4, 0.5) is 0 Å². The number of rotatable bonds is 7. The molecule has 0 saturated carbocycles. The van der Waals surface area contributed by atoms with Crippen LogP contribution >= 0.6 is 12.6 Å². The maximum atomic E-state index is 4.20. The summed E-state index contributed by atoms with van der Waals surface area (Å²) in [6.45, 7) is 4.59. The molecule has 1 heteroatoms. The Balaban J connectivity index is 3.20. The number of hydrogen-bond donors (Lipinski definition) is 1. The van der Waals surface area contributed by atoms with Gasteiger partial charge in [-0.05, 0) is 18.1 Å². The molecule has 0 heterocycles. The Hall–Kier alpha value is 0.350. The van der Waals surface area contributed by atoms with Crippen molar-refractivity contribution in [2.75, 3.05) is 5.75 Å². The number of thiol groups is 1. The molecule has 0 fully saturated rings. The molecule has 0 saturated heterocycles. The highest BCUT2D eigenvalue weighted by atomic mass is 32.1. The predicted molar refractivity (Wildman–Crippen MR) is 56.4 cm³/mol. The first-order chi connectivity index (χ1) is 5.35. The van der Waals surface area contributed by atoms with Gasteiger partial charge >= 0.3 is 0 Å². The zero-order valence-corrected chi connectivity index (χ0v) is 8.87. The van der Waals surface area contributed by atoms with E-state index in [1.54, 1.807) is 0 Å². The van der Waals surface area contributed by atoms with Crippen molar-refractivity contribution >= 4 is 12.6 Å². The Bertz CT molecular complexity index is 71.3. The van der Waals surface area contributed by atoms with E-state index in [2.05, 4.69) is 26.5 Å². The lowest BCUT2D eigenvalue weighted by molar-refractivity contribution is 0.418. The van der Waals surface area contributed by atoms with Crippen molar-refractivity contribution in [3.05, 3.63) is 0 Å². The molecule has 1 atom stereocenters. The highest BCUT2D eigenvalue weighted by Crippen LogP contribution is 2.17. The summed E-state index contributed by atoms with van der Waals surface area (Å²) < 4.78 is 0. The molecule has 0 rings (SSSR count). The maximum Gasteiger partial charge on any atom is -0.00979 e. The lowest BCUT2D eigenvalue weighted by atomic mass is 9.95. The molecule has 0 bridgehead atoms. The smallest absolute Gasteiger partial charge is 0.00979 e. The van der Waals surface area contributed by atoms with Crippen molar-refractivity contribution in [2.45, 2.75) is 52.4 Å². The fourth-order valence-electron chi connectivity index (χ4n) is 1.51. The van der Waals surface area contributed by atoms with Crippen LogP contribution in [0.1, 0.15) is 52.4 Å². The maximum absolute atomic E-state index is 4.20. The van der Waals surface area contributed by atoms with E-state index < -0.39 is 0 Å². The van der Waals surface area contributed by atoms with Gasteiger partial charge in [0.25, 0.3) is 0 Å². The molecule has 0 spiro atoms. The Kier molecular flexibility index (Phi) is 8.72. The van der Waals surface area contributed by atoms with E-state index in [9.17, 15) is 0 Å². The van der Waals surface area contributed by atoms with Crippen molar-refractivity contribution in [1.82, 2.24) is 0 Å². The quantitative estimate of drug-likeness (QED) is 0.439. The average Bonchev–Trinajstić information content (AvgIpc) is 2.03. The number of hydrogen-bond acceptors (Lipinski definition) is 1. The van der Waals surface area contributed by atoms with E-state index in [0.29, 0.717) is 0 Å². The molecule has 0 aliphatic heterocycles. The summed E-state index contributed by atoms with van der Waals surface area (Å²) in [4.78, 5) is 0. The molecule has 11 heavy (non-hydrogen) atoms. The van der Waals surface area contributed by atoms with Crippen molar-refractivity contribution in [2.24, 2.45) is 5.92 Å². The first-order valence-corrected chi connectivity index (χ1v) is 5.59. The first kappa shape index (κ1) is 11.4. The summed E-state index contributed by atoms with van der Waals surface area (Å²) in [7, 11) is 0. The zero-order chi connectivity index (χ0) is 8.53. The molecule has 0 amide bonds. The third-order valence-electron chi connectivity index (χ3n) is 2.29. The third-order valence-corrected chi connectivity index (χ3v) is 2.61. The van der Waals surface area contributed by atoms with Gasteiger partial charge in [0.2, 0.25) is 0 Å². The van der Waals surface area contributed by atoms with Crippen LogP contribution in [-0.2, 0) is 0 Å². The highest BCUT2D eigenvalue weighted by Gasteiger charge is 2.03. The second-order valence-corrected chi connectivity index (χ2v) is 3.73. The van der Waals surface area contributed by atoms with Crippen LogP contribution < -0.4 is 0 Å². The summed E-state index contributed by atoms with van der Waals surface area (Å²) in [6.07, 6.45) is 8.22. The minimum atomic E-state index is 0.986. The van der Waals surface area contributed by atoms with Crippen LogP contribution in [0.3, 0.4) is 0 Å². The summed E-state index contributed by atoms with van der Waals surface area (Å²) in [5, 5.41) is 0. The van der Waals surface area contributed by atoms with Gasteiger partial charge in [0.15, 0.2) is 0 Å². The van der Waals surface area contributed by atoms with E-state index in [1.165, 1.54) is 38.5 Å². The molecule has 0 aromatic rings. The van der Waals surface area contributed by atoms with Gasteiger partial charge in [-0.25, -0.2) is 0 Å². The third kappa shape index (κ3) is 6.74. The largest absolute Gasteiger partial charge is 0.179 e. The molecule has 0 aliphatic carbocycles. The van der Waals surface area contributed by atoms with Gasteiger partial charge in [0.05, 0.1) is 0 Å². The van der Waals surface area contributed by atoms with Crippen molar-refractivity contribution < 1.29 is 0 Å². The summed E-state index contributed by atoms with van der Waals surface area (Å²) >= 11 is 4.20. The zero-order valence-electron chi connectivity index (χ0n) is 7.97. The molecular formula is C10H22S. The van der Waals surface area contributed by atoms with E-state index in [0.717, 1.165) is 11.7 Å². The lowest BCUT2D eigenvalue weighted by Gasteiger charge is -2.12. The first-order valence-electron chi connectivity index (χ1n) is 4.96. The van der Waals surface area contributed by atoms with Gasteiger partial charge in [0, 0.05) is 0 Å². The number of unbranched alkanes of at least 4 members (excludes halogenated alkanes) is 1. The van der Waals surface area contributed by atoms with Crippen LogP contribution in [-0.4, -0.2) is 5.75 Å². The molecule has 0 radical (unpaired) electrons. The Morgan fingerprint density at radius 3 is 2.27 bits per heavy atom. The van der Waals surface area contributed by atoms with Crippen molar-refractivity contribution in [3.63, 3.8) is 0 Å². The van der Waals surface area contributed by atoms with Crippen LogP contribution in [0.15, 0.2) is 0 Å². The molecule has 0 N–H and O–H groups in total. The van der Waals surface area contributed by atoms with Gasteiger partial charge in [-0.3, -0.25) is 0 Å². The molecular weight excluding hydrogens is 152 g/mol. The molecule has 0 aromatic carbocycles. The van der Waals surface area contributed by atoms with Gasteiger partial charge in [-0.1, -0.05) is 46.0 Å². The van der Waals surface area contributed by atoms with E-state index in [1.807, 2.05) is 0 Å². The second-order valence-electron chi connectivity index (χ2n) is 3.28. The molecule has 1 unspecified atom stereocenters. The molecule has 0 nitrogen and oxygen atoms in total. The summed E-state index contributed by atoms with van der Waals surface area (Å²) in [5.41, 5.74) is 0. The normalized spacial score (nSPS) is 13.4. The van der Waals surface area contributed by atoms with Gasteiger partial charge < -0.3 is 0 Å². The van der Waals surface area contributed by atoms with Gasteiger partial charge in [-0.15, -0.1) is 0 Å². The SMILES string of the molecule is CCCC(CC)CCCCS. The topological polar surface area (TPSA) is 0 Å². The van der Waals surface area contributed by atoms with Crippen LogP contribution in [0.25, 0.3) is 0 Å². The van der Waals surface area contributed by atoms with Crippen molar-refractivity contribution in [3.8, 4) is 0 Å². The summed E-state index contributed by atoms with van der Waals surface area (Å²) in [6, 6.07) is 0. The Morgan fingerprint density at radius 2 is 1.82 bits per heavy atom. The monoisotopic (exact) mass is 174 g/mol. The molecule has 0 aromatic heterocycles. The highest BCUT2D eigenvalue weighted by molar-refractivity contribution is 7.80. The van der Waals surface area contributed by atoms with Gasteiger partial charge in [0.1, 0.15) is 0 Å². The van der Waals surface area contributed by atoms with E-state index in [4.69, 9.17) is 0 Å². The van der Waals surface area contributed by atoms with Crippen molar-refractivity contribution in [1.29, 1.82) is 0 Å². The fourth-order valence-corrected chi connectivity index (χ4v) is 1.73. The Labute approximate surface area is 77.2 Å². The standard InChI is InChI=1S/C10H22S/c1-3-7-10(4-2)8-5-6-9-11/h10-11H,3-9H2,1-2H3. The summed E-state index contributed by atoms with van der Waals surface area (Å²) in [5.74, 6) is 2.04. The average molecular weight is 174 g/mol.